The third kappa shape index (κ3) is 34.0. The summed E-state index contributed by atoms with van der Waals surface area (Å²) in [4.78, 5) is 0. The molecule has 0 aliphatic heterocycles. The summed E-state index contributed by atoms with van der Waals surface area (Å²) in [5, 5.41) is 0. The number of hydrogen-bond donors (Lipinski definition) is 0. The Balaban J connectivity index is 3.00. The van der Waals surface area contributed by atoms with Crippen LogP contribution in [0.5, 0.6) is 0 Å². The van der Waals surface area contributed by atoms with E-state index in [4.69, 9.17) is 1.37 Å². The molecule has 0 N–H and O–H groups in total. The van der Waals surface area contributed by atoms with Gasteiger partial charge in [-0.3, -0.25) is 0 Å². The highest BCUT2D eigenvalue weighted by atomic mass is 14.0. The van der Waals surface area contributed by atoms with E-state index in [1.54, 1.807) is 0 Å². The Morgan fingerprint density at radius 1 is 0.222 bits per heavy atom. The predicted molar refractivity (Wildman–Crippen MR) is 168 cm³/mol. The van der Waals surface area contributed by atoms with E-state index in [2.05, 4.69) is 6.92 Å². The van der Waals surface area contributed by atoms with E-state index in [1.807, 2.05) is 0 Å². The minimum Gasteiger partial charge on any atom is -0.0654 e. The quantitative estimate of drug-likeness (QED) is 0.0774. The highest BCUT2D eigenvalue weighted by Gasteiger charge is 1.97. The molecular formula is C36H74. The second-order valence-electron chi connectivity index (χ2n) is 12.2. The molecule has 0 fully saturated rings. The summed E-state index contributed by atoms with van der Waals surface area (Å²) in [7, 11) is 0. The van der Waals surface area contributed by atoms with Crippen molar-refractivity contribution in [1.82, 2.24) is 0 Å². The fourth-order valence-corrected chi connectivity index (χ4v) is 5.73. The number of hydrogen-bond acceptors (Lipinski definition) is 0. The zero-order valence-electron chi connectivity index (χ0n) is 26.7. The Labute approximate surface area is 233 Å². The zero-order valence-corrected chi connectivity index (χ0v) is 25.7. The van der Waals surface area contributed by atoms with E-state index in [9.17, 15) is 0 Å². The molecule has 0 atom stereocenters. The molecule has 0 nitrogen and oxygen atoms in total. The van der Waals surface area contributed by atoms with Crippen LogP contribution in [0.1, 0.15) is 234 Å². The van der Waals surface area contributed by atoms with Gasteiger partial charge >= 0.3 is 0 Å². The summed E-state index contributed by atoms with van der Waals surface area (Å²) >= 11 is 0. The topological polar surface area (TPSA) is 0 Å². The smallest absolute Gasteiger partial charge is 0.0230 e. The van der Waals surface area contributed by atoms with Crippen molar-refractivity contribution in [2.24, 2.45) is 0 Å². The molecule has 0 unspecified atom stereocenters. The van der Waals surface area contributed by atoms with Crippen LogP contribution in [-0.2, 0) is 0 Å². The molecule has 0 heterocycles. The second kappa shape index (κ2) is 35.0. The molecule has 0 aliphatic rings. The standard InChI is InChI=1S/C36H74/c1-3-5-7-9-11-13-15-17-19-21-23-25-27-29-31-33-35-36-34-32-30-28-26-24-22-20-18-16-14-12-10-8-6-4-2/h3-36H2,1-2H3/i1D. The molecule has 0 aromatic carbocycles. The van der Waals surface area contributed by atoms with Gasteiger partial charge in [0.05, 0.1) is 0 Å². The molecule has 36 heavy (non-hydrogen) atoms. The van der Waals surface area contributed by atoms with Gasteiger partial charge in [-0.1, -0.05) is 232 Å². The summed E-state index contributed by atoms with van der Waals surface area (Å²) in [6, 6.07) is 0. The minimum atomic E-state index is 0.625. The van der Waals surface area contributed by atoms with E-state index in [1.165, 1.54) is 212 Å². The molecule has 0 amide bonds. The Bertz CT molecular complexity index is 332. The lowest BCUT2D eigenvalue weighted by molar-refractivity contribution is 0.511. The van der Waals surface area contributed by atoms with E-state index in [0.717, 1.165) is 6.42 Å². The maximum atomic E-state index is 7.16. The Morgan fingerprint density at radius 3 is 0.500 bits per heavy atom. The molecule has 0 bridgehead atoms. The van der Waals surface area contributed by atoms with Gasteiger partial charge in [-0.25, -0.2) is 0 Å². The SMILES string of the molecule is [2H]CCCCCCCCCCCCCCCCCCCCCCCCCCCCCCCCCCCC. The number of unbranched alkanes of at least 4 members (excludes halogenated alkanes) is 33. The lowest BCUT2D eigenvalue weighted by atomic mass is 10.0. The molecule has 0 saturated carbocycles. The minimum absolute atomic E-state index is 0.625. The van der Waals surface area contributed by atoms with Crippen LogP contribution in [0, 0.1) is 0 Å². The first kappa shape index (κ1) is 34.0. The summed E-state index contributed by atoms with van der Waals surface area (Å²) in [5.41, 5.74) is 0. The van der Waals surface area contributed by atoms with E-state index in [0.29, 0.717) is 6.90 Å². The Morgan fingerprint density at radius 2 is 0.361 bits per heavy atom. The summed E-state index contributed by atoms with van der Waals surface area (Å²) in [6.07, 6.45) is 49.4. The Hall–Kier alpha value is 0. The van der Waals surface area contributed by atoms with Crippen molar-refractivity contribution < 1.29 is 1.37 Å². The first-order valence-electron chi connectivity index (χ1n) is 18.4. The van der Waals surface area contributed by atoms with Crippen LogP contribution in [-0.4, -0.2) is 0 Å². The molecule has 0 spiro atoms. The monoisotopic (exact) mass is 508 g/mol. The predicted octanol–water partition coefficient (Wildman–Crippen LogP) is 14.3. The van der Waals surface area contributed by atoms with Crippen LogP contribution in [0.2, 0.25) is 0 Å². The van der Waals surface area contributed by atoms with Gasteiger partial charge in [0.25, 0.3) is 0 Å². The molecular weight excluding hydrogens is 432 g/mol. The average Bonchev–Trinajstić information content (AvgIpc) is 2.91. The van der Waals surface area contributed by atoms with Crippen LogP contribution in [0.25, 0.3) is 0 Å². The van der Waals surface area contributed by atoms with Crippen molar-refractivity contribution >= 4 is 0 Å². The van der Waals surface area contributed by atoms with E-state index >= 15 is 0 Å². The Kier molecular flexibility index (Phi) is 33.1. The average molecular weight is 508 g/mol. The second-order valence-corrected chi connectivity index (χ2v) is 12.2. The van der Waals surface area contributed by atoms with Gasteiger partial charge in [0.1, 0.15) is 0 Å². The van der Waals surface area contributed by atoms with Crippen LogP contribution < -0.4 is 0 Å². The molecule has 0 heteroatoms. The highest BCUT2D eigenvalue weighted by Crippen LogP contribution is 2.17. The van der Waals surface area contributed by atoms with Crippen molar-refractivity contribution in [1.29, 1.82) is 0 Å². The fourth-order valence-electron chi connectivity index (χ4n) is 5.73. The van der Waals surface area contributed by atoms with Crippen LogP contribution in [0.3, 0.4) is 0 Å². The normalized spacial score (nSPS) is 11.9. The zero-order chi connectivity index (χ0) is 26.7. The van der Waals surface area contributed by atoms with Gasteiger partial charge in [0.15, 0.2) is 0 Å². The van der Waals surface area contributed by atoms with Gasteiger partial charge in [0.2, 0.25) is 0 Å². The molecule has 0 aliphatic carbocycles. The lowest BCUT2D eigenvalue weighted by Gasteiger charge is -2.05. The van der Waals surface area contributed by atoms with Gasteiger partial charge in [-0.15, -0.1) is 0 Å². The molecule has 0 saturated heterocycles. The van der Waals surface area contributed by atoms with Crippen LogP contribution >= 0.6 is 0 Å². The van der Waals surface area contributed by atoms with E-state index in [-0.39, 0.29) is 0 Å². The van der Waals surface area contributed by atoms with Crippen LogP contribution in [0.4, 0.5) is 0 Å². The summed E-state index contributed by atoms with van der Waals surface area (Å²) in [5.74, 6) is 0. The maximum absolute atomic E-state index is 7.16. The molecule has 0 rings (SSSR count). The van der Waals surface area contributed by atoms with Gasteiger partial charge in [0, 0.05) is 1.37 Å². The van der Waals surface area contributed by atoms with Gasteiger partial charge < -0.3 is 0 Å². The maximum Gasteiger partial charge on any atom is 0.0230 e. The molecule has 0 aromatic rings. The van der Waals surface area contributed by atoms with Gasteiger partial charge in [-0.05, 0) is 0 Å². The van der Waals surface area contributed by atoms with Crippen molar-refractivity contribution in [3.05, 3.63) is 0 Å². The fraction of sp³-hybridized carbons (Fsp3) is 1.00. The van der Waals surface area contributed by atoms with Crippen molar-refractivity contribution in [2.75, 3.05) is 0 Å². The summed E-state index contributed by atoms with van der Waals surface area (Å²) in [6.45, 7) is 2.93. The van der Waals surface area contributed by atoms with Crippen molar-refractivity contribution in [2.45, 2.75) is 232 Å². The summed E-state index contributed by atoms with van der Waals surface area (Å²) < 4.78 is 7.16. The van der Waals surface area contributed by atoms with Crippen molar-refractivity contribution in [3.8, 4) is 0 Å². The molecule has 0 radical (unpaired) electrons. The first-order valence-corrected chi connectivity index (χ1v) is 17.7. The number of rotatable bonds is 33. The first-order chi connectivity index (χ1) is 18.4. The van der Waals surface area contributed by atoms with Crippen molar-refractivity contribution in [3.63, 3.8) is 0 Å². The molecule has 218 valence electrons. The van der Waals surface area contributed by atoms with Gasteiger partial charge in [-0.2, -0.15) is 0 Å². The third-order valence-corrected chi connectivity index (χ3v) is 8.35. The van der Waals surface area contributed by atoms with E-state index < -0.39 is 0 Å². The third-order valence-electron chi connectivity index (χ3n) is 8.35. The molecule has 0 aromatic heterocycles. The highest BCUT2D eigenvalue weighted by molar-refractivity contribution is 4.52. The largest absolute Gasteiger partial charge is 0.0654 e. The van der Waals surface area contributed by atoms with Crippen LogP contribution in [0.15, 0.2) is 0 Å². The lowest BCUT2D eigenvalue weighted by Crippen LogP contribution is -1.85.